The third-order valence-corrected chi connectivity index (χ3v) is 6.59. The van der Waals surface area contributed by atoms with E-state index in [2.05, 4.69) is 6.58 Å². The van der Waals surface area contributed by atoms with E-state index in [1.807, 2.05) is 13.8 Å². The molecule has 0 unspecified atom stereocenters. The fourth-order valence-corrected chi connectivity index (χ4v) is 5.47. The molecule has 5 rings (SSSR count). The number of aliphatic hydroxyl groups is 1. The zero-order valence-corrected chi connectivity index (χ0v) is 11.6. The van der Waals surface area contributed by atoms with Gasteiger partial charge in [-0.3, -0.25) is 4.79 Å². The third kappa shape index (κ3) is 0.875. The molecule has 1 spiro atoms. The molecule has 0 amide bonds. The smallest absolute Gasteiger partial charge is 0.313 e. The lowest BCUT2D eigenvalue weighted by Crippen LogP contribution is -2.64. The van der Waals surface area contributed by atoms with Gasteiger partial charge in [-0.15, -0.1) is 0 Å². The van der Waals surface area contributed by atoms with Crippen LogP contribution in [0.15, 0.2) is 12.2 Å². The summed E-state index contributed by atoms with van der Waals surface area (Å²) in [6, 6.07) is 0. The van der Waals surface area contributed by atoms with E-state index in [4.69, 9.17) is 14.2 Å². The molecule has 2 bridgehead atoms. The molecular weight excluding hydrogens is 260 g/mol. The summed E-state index contributed by atoms with van der Waals surface area (Å²) < 4.78 is 17.0. The van der Waals surface area contributed by atoms with Crippen LogP contribution in [0.5, 0.6) is 0 Å². The van der Waals surface area contributed by atoms with Gasteiger partial charge in [0.2, 0.25) is 0 Å². The number of hydrogen-bond donors (Lipinski definition) is 1. The molecule has 2 saturated carbocycles. The van der Waals surface area contributed by atoms with Crippen molar-refractivity contribution < 1.29 is 24.1 Å². The van der Waals surface area contributed by atoms with Crippen molar-refractivity contribution >= 4 is 5.97 Å². The van der Waals surface area contributed by atoms with Gasteiger partial charge in [-0.25, -0.2) is 0 Å². The van der Waals surface area contributed by atoms with E-state index in [9.17, 15) is 9.90 Å². The Balaban J connectivity index is 1.72. The molecule has 20 heavy (non-hydrogen) atoms. The highest BCUT2D eigenvalue weighted by Gasteiger charge is 2.92. The van der Waals surface area contributed by atoms with Gasteiger partial charge in [-0.1, -0.05) is 19.1 Å². The van der Waals surface area contributed by atoms with Crippen molar-refractivity contribution in [1.29, 1.82) is 0 Å². The number of ether oxygens (including phenoxy) is 3. The lowest BCUT2D eigenvalue weighted by Gasteiger charge is -2.51. The lowest BCUT2D eigenvalue weighted by molar-refractivity contribution is -0.185. The Morgan fingerprint density at radius 3 is 2.75 bits per heavy atom. The number of carbonyl (C=O) groups is 1. The summed E-state index contributed by atoms with van der Waals surface area (Å²) in [5, 5.41) is 11.5. The van der Waals surface area contributed by atoms with Crippen LogP contribution in [0.1, 0.15) is 20.3 Å². The summed E-state index contributed by atoms with van der Waals surface area (Å²) in [7, 11) is 0. The normalized spacial score (nSPS) is 64.8. The second kappa shape index (κ2) is 2.85. The van der Waals surface area contributed by atoms with Crippen LogP contribution >= 0.6 is 0 Å². The second-order valence-electron chi connectivity index (χ2n) is 7.34. The summed E-state index contributed by atoms with van der Waals surface area (Å²) in [6.45, 7) is 8.55. The molecular formula is C15H18O5. The van der Waals surface area contributed by atoms with Crippen molar-refractivity contribution in [3.8, 4) is 0 Å². The minimum Gasteiger partial charge on any atom is -0.461 e. The van der Waals surface area contributed by atoms with Crippen molar-refractivity contribution in [3.63, 3.8) is 0 Å². The summed E-state index contributed by atoms with van der Waals surface area (Å²) in [6.07, 6.45) is 0.0809. The van der Waals surface area contributed by atoms with Crippen molar-refractivity contribution in [2.24, 2.45) is 17.3 Å². The van der Waals surface area contributed by atoms with Crippen LogP contribution < -0.4 is 0 Å². The highest BCUT2D eigenvalue weighted by Crippen LogP contribution is 2.76. The third-order valence-electron chi connectivity index (χ3n) is 6.59. The lowest BCUT2D eigenvalue weighted by atomic mass is 9.54. The highest BCUT2D eigenvalue weighted by atomic mass is 16.7. The van der Waals surface area contributed by atoms with E-state index in [0.717, 1.165) is 5.57 Å². The zero-order valence-electron chi connectivity index (χ0n) is 11.6. The molecule has 0 aromatic rings. The van der Waals surface area contributed by atoms with E-state index >= 15 is 0 Å². The standard InChI is InChI=1S/C15H18O5/c1-6(2)8-7-4-13(3)14(5-18-14)10-11(20-10)15(13,17)9(8)12(16)19-7/h7-11,17H,1,4-5H2,2-3H3/t7-,8-,9+,10+,11+,13-,14-,15-/m1/s1. The Morgan fingerprint density at radius 1 is 1.45 bits per heavy atom. The molecule has 5 aliphatic rings. The van der Waals surface area contributed by atoms with Crippen molar-refractivity contribution in [2.45, 2.75) is 49.8 Å². The Morgan fingerprint density at radius 2 is 2.15 bits per heavy atom. The molecule has 8 atom stereocenters. The molecule has 0 aromatic heterocycles. The molecule has 5 fully saturated rings. The van der Waals surface area contributed by atoms with Gasteiger partial charge >= 0.3 is 5.97 Å². The van der Waals surface area contributed by atoms with Gasteiger partial charge in [0.15, 0.2) is 0 Å². The summed E-state index contributed by atoms with van der Waals surface area (Å²) in [5.74, 6) is -0.983. The molecule has 2 aliphatic carbocycles. The summed E-state index contributed by atoms with van der Waals surface area (Å²) in [5.41, 5.74) is -1.17. The first-order valence-electron chi connectivity index (χ1n) is 7.24. The number of carbonyl (C=O) groups excluding carboxylic acids is 1. The number of hydrogen-bond acceptors (Lipinski definition) is 5. The largest absolute Gasteiger partial charge is 0.461 e. The topological polar surface area (TPSA) is 71.6 Å². The molecule has 3 heterocycles. The van der Waals surface area contributed by atoms with Gasteiger partial charge < -0.3 is 19.3 Å². The Hall–Kier alpha value is -0.910. The van der Waals surface area contributed by atoms with Gasteiger partial charge in [-0.2, -0.15) is 0 Å². The molecule has 0 radical (unpaired) electrons. The minimum absolute atomic E-state index is 0.0598. The number of esters is 1. The number of fused-ring (bicyclic) bond motifs is 8. The first-order valence-corrected chi connectivity index (χ1v) is 7.24. The van der Waals surface area contributed by atoms with Crippen molar-refractivity contribution in [2.75, 3.05) is 6.61 Å². The number of rotatable bonds is 1. The molecule has 108 valence electrons. The first-order chi connectivity index (χ1) is 9.37. The predicted octanol–water partition coefficient (Wildman–Crippen LogP) is 0.411. The van der Waals surface area contributed by atoms with E-state index in [-0.39, 0.29) is 30.2 Å². The molecule has 1 N–H and O–H groups in total. The molecule has 3 saturated heterocycles. The first kappa shape index (κ1) is 11.7. The fourth-order valence-electron chi connectivity index (χ4n) is 5.47. The fraction of sp³-hybridized carbons (Fsp3) is 0.800. The SMILES string of the molecule is C=C(C)[C@H]1[C@H]2C(=O)O[C@@H]1C[C@@]1(C)[C@]2(O)[C@H]2O[C@@H]2[C@]12CO2. The van der Waals surface area contributed by atoms with Gasteiger partial charge in [0.25, 0.3) is 0 Å². The van der Waals surface area contributed by atoms with E-state index < -0.39 is 22.5 Å². The maximum atomic E-state index is 12.3. The van der Waals surface area contributed by atoms with Crippen LogP contribution in [0.25, 0.3) is 0 Å². The Bertz CT molecular complexity index is 567. The molecule has 0 aromatic carbocycles. The average Bonchev–Trinajstić information content (AvgIpc) is 3.20. The number of epoxide rings is 2. The predicted molar refractivity (Wildman–Crippen MR) is 66.7 cm³/mol. The highest BCUT2D eigenvalue weighted by molar-refractivity contribution is 5.79. The van der Waals surface area contributed by atoms with Crippen LogP contribution in [0, 0.1) is 17.3 Å². The van der Waals surface area contributed by atoms with Gasteiger partial charge in [0.05, 0.1) is 12.5 Å². The maximum absolute atomic E-state index is 12.3. The quantitative estimate of drug-likeness (QED) is 0.427. The van der Waals surface area contributed by atoms with Crippen LogP contribution in [0.3, 0.4) is 0 Å². The minimum atomic E-state index is -1.19. The second-order valence-corrected chi connectivity index (χ2v) is 7.34. The van der Waals surface area contributed by atoms with Crippen LogP contribution in [-0.2, 0) is 19.0 Å². The molecule has 5 nitrogen and oxygen atoms in total. The van der Waals surface area contributed by atoms with Crippen molar-refractivity contribution in [1.82, 2.24) is 0 Å². The van der Waals surface area contributed by atoms with E-state index in [0.29, 0.717) is 13.0 Å². The molecule has 5 heteroatoms. The van der Waals surface area contributed by atoms with Crippen LogP contribution in [0.2, 0.25) is 0 Å². The Kier molecular flexibility index (Phi) is 1.67. The average molecular weight is 278 g/mol. The van der Waals surface area contributed by atoms with Crippen LogP contribution in [0.4, 0.5) is 0 Å². The maximum Gasteiger partial charge on any atom is 0.313 e. The van der Waals surface area contributed by atoms with Gasteiger partial charge in [-0.05, 0) is 13.3 Å². The van der Waals surface area contributed by atoms with Gasteiger partial charge in [0, 0.05) is 11.3 Å². The van der Waals surface area contributed by atoms with Gasteiger partial charge in [0.1, 0.15) is 29.5 Å². The molecule has 3 aliphatic heterocycles. The Labute approximate surface area is 116 Å². The summed E-state index contributed by atoms with van der Waals surface area (Å²) in [4.78, 5) is 12.3. The van der Waals surface area contributed by atoms with Crippen molar-refractivity contribution in [3.05, 3.63) is 12.2 Å². The van der Waals surface area contributed by atoms with Crippen LogP contribution in [-0.4, -0.2) is 47.2 Å². The monoisotopic (exact) mass is 278 g/mol. The zero-order chi connectivity index (χ0) is 14.1. The van der Waals surface area contributed by atoms with E-state index in [1.165, 1.54) is 0 Å². The summed E-state index contributed by atoms with van der Waals surface area (Å²) >= 11 is 0. The van der Waals surface area contributed by atoms with E-state index in [1.54, 1.807) is 0 Å².